The van der Waals surface area contributed by atoms with Crippen molar-refractivity contribution in [2.24, 2.45) is 0 Å². The molecule has 1 amide bonds. The first kappa shape index (κ1) is 25.6. The number of carbonyl (C=O) groups excluding carboxylic acids is 1. The van der Waals surface area contributed by atoms with E-state index in [4.69, 9.17) is 21.1 Å². The molecular weight excluding hydrogens is 563 g/mol. The van der Waals surface area contributed by atoms with E-state index in [1.807, 2.05) is 25.1 Å². The van der Waals surface area contributed by atoms with Crippen LogP contribution in [0.15, 0.2) is 60.2 Å². The molecule has 0 atom stereocenters. The smallest absolute Gasteiger partial charge is 0.266 e. The maximum atomic E-state index is 12.6. The monoisotopic (exact) mass is 586 g/mol. The Bertz CT molecular complexity index is 1280. The van der Waals surface area contributed by atoms with Gasteiger partial charge in [-0.05, 0) is 102 Å². The van der Waals surface area contributed by atoms with E-state index in [1.165, 1.54) is 17.2 Å². The van der Waals surface area contributed by atoms with Crippen LogP contribution in [-0.2, 0) is 11.4 Å². The molecule has 1 N–H and O–H groups in total. The van der Waals surface area contributed by atoms with Gasteiger partial charge < -0.3 is 14.8 Å². The van der Waals surface area contributed by atoms with Crippen molar-refractivity contribution in [1.82, 2.24) is 0 Å². The van der Waals surface area contributed by atoms with Crippen molar-refractivity contribution in [3.05, 3.63) is 91.0 Å². The predicted octanol–water partition coefficient (Wildman–Crippen LogP) is 7.08. The molecule has 5 nitrogen and oxygen atoms in total. The SMILES string of the molecule is CCOc1cc(/C=C(\C#N)C(=O)Nc2cccc(Cl)c2)cc(I)c1OCc1ccc(C)c(C)c1. The van der Waals surface area contributed by atoms with Gasteiger partial charge in [0.15, 0.2) is 11.5 Å². The predicted molar refractivity (Wildman–Crippen MR) is 144 cm³/mol. The van der Waals surface area contributed by atoms with Gasteiger partial charge >= 0.3 is 0 Å². The van der Waals surface area contributed by atoms with Gasteiger partial charge in [-0.2, -0.15) is 5.26 Å². The molecule has 0 aliphatic rings. The minimum atomic E-state index is -0.521. The maximum absolute atomic E-state index is 12.6. The van der Waals surface area contributed by atoms with Gasteiger partial charge in [-0.15, -0.1) is 0 Å². The number of anilines is 1. The Morgan fingerprint density at radius 3 is 2.59 bits per heavy atom. The Kier molecular flexibility index (Phi) is 8.97. The van der Waals surface area contributed by atoms with Gasteiger partial charge in [-0.25, -0.2) is 0 Å². The van der Waals surface area contributed by atoms with E-state index < -0.39 is 5.91 Å². The molecule has 0 fully saturated rings. The van der Waals surface area contributed by atoms with Crippen LogP contribution in [-0.4, -0.2) is 12.5 Å². The van der Waals surface area contributed by atoms with E-state index in [-0.39, 0.29) is 5.57 Å². The fourth-order valence-corrected chi connectivity index (χ4v) is 4.17. The number of nitrogens with zero attached hydrogens (tertiary/aromatic N) is 1. The van der Waals surface area contributed by atoms with Crippen LogP contribution in [0.5, 0.6) is 11.5 Å². The number of halogens is 2. The highest BCUT2D eigenvalue weighted by molar-refractivity contribution is 14.1. The molecule has 0 aliphatic carbocycles. The first-order valence-electron chi connectivity index (χ1n) is 10.6. The van der Waals surface area contributed by atoms with Crippen LogP contribution in [0.1, 0.15) is 29.2 Å². The lowest BCUT2D eigenvalue weighted by atomic mass is 10.1. The maximum Gasteiger partial charge on any atom is 0.266 e. The molecule has 0 saturated carbocycles. The number of amides is 1. The molecule has 0 spiro atoms. The molecule has 0 unspecified atom stereocenters. The van der Waals surface area contributed by atoms with Crippen LogP contribution in [0.25, 0.3) is 6.08 Å². The average molecular weight is 587 g/mol. The minimum absolute atomic E-state index is 0.0398. The summed E-state index contributed by atoms with van der Waals surface area (Å²) in [5, 5.41) is 12.8. The van der Waals surface area contributed by atoms with Crippen LogP contribution in [0.2, 0.25) is 5.02 Å². The zero-order chi connectivity index (χ0) is 24.7. The van der Waals surface area contributed by atoms with Crippen LogP contribution in [0.4, 0.5) is 5.69 Å². The van der Waals surface area contributed by atoms with Gasteiger partial charge in [0.25, 0.3) is 5.91 Å². The third-order valence-corrected chi connectivity index (χ3v) is 6.08. The van der Waals surface area contributed by atoms with Gasteiger partial charge in [0.05, 0.1) is 10.2 Å². The summed E-state index contributed by atoms with van der Waals surface area (Å²) in [5.74, 6) is 0.657. The van der Waals surface area contributed by atoms with Crippen LogP contribution < -0.4 is 14.8 Å². The van der Waals surface area contributed by atoms with Gasteiger partial charge in [0.2, 0.25) is 0 Å². The van der Waals surface area contributed by atoms with Gasteiger partial charge in [0, 0.05) is 10.7 Å². The van der Waals surface area contributed by atoms with Crippen LogP contribution in [0, 0.1) is 28.7 Å². The average Bonchev–Trinajstić information content (AvgIpc) is 2.79. The Balaban J connectivity index is 1.85. The third kappa shape index (κ3) is 6.75. The Labute approximate surface area is 218 Å². The summed E-state index contributed by atoms with van der Waals surface area (Å²) in [5.41, 5.74) is 4.64. The summed E-state index contributed by atoms with van der Waals surface area (Å²) in [4.78, 5) is 12.6. The second-order valence-electron chi connectivity index (χ2n) is 7.60. The van der Waals surface area contributed by atoms with Crippen LogP contribution in [0.3, 0.4) is 0 Å². The zero-order valence-electron chi connectivity index (χ0n) is 19.1. The molecular formula is C27H24ClIN2O3. The lowest BCUT2D eigenvalue weighted by Gasteiger charge is -2.15. The molecule has 0 radical (unpaired) electrons. The highest BCUT2D eigenvalue weighted by Crippen LogP contribution is 2.35. The quantitative estimate of drug-likeness (QED) is 0.174. The molecule has 0 aliphatic heterocycles. The molecule has 0 heterocycles. The number of aryl methyl sites for hydroxylation is 2. The van der Waals surface area contributed by atoms with Crippen molar-refractivity contribution < 1.29 is 14.3 Å². The standard InChI is InChI=1S/C27H24ClIN2O3/c1-4-33-25-13-20(11-21(15-30)27(32)31-23-7-5-6-22(28)14-23)12-24(29)26(25)34-16-19-9-8-17(2)18(3)10-19/h5-14H,4,16H2,1-3H3,(H,31,32)/b21-11+. The molecule has 0 aromatic heterocycles. The normalized spacial score (nSPS) is 11.0. The Morgan fingerprint density at radius 2 is 1.91 bits per heavy atom. The third-order valence-electron chi connectivity index (χ3n) is 5.04. The summed E-state index contributed by atoms with van der Waals surface area (Å²) in [6.45, 7) is 6.89. The molecule has 0 saturated heterocycles. The number of nitrogens with one attached hydrogen (secondary N) is 1. The van der Waals surface area contributed by atoms with Crippen molar-refractivity contribution in [3.8, 4) is 17.6 Å². The van der Waals surface area contributed by atoms with Crippen LogP contribution >= 0.6 is 34.2 Å². The second kappa shape index (κ2) is 11.9. The molecule has 34 heavy (non-hydrogen) atoms. The Morgan fingerprint density at radius 1 is 1.12 bits per heavy atom. The van der Waals surface area contributed by atoms with Gasteiger partial charge in [0.1, 0.15) is 18.2 Å². The lowest BCUT2D eigenvalue weighted by Crippen LogP contribution is -2.13. The molecule has 3 aromatic rings. The second-order valence-corrected chi connectivity index (χ2v) is 9.20. The molecule has 3 rings (SSSR count). The van der Waals surface area contributed by atoms with Crippen molar-refractivity contribution >= 4 is 51.9 Å². The summed E-state index contributed by atoms with van der Waals surface area (Å²) in [6, 6.07) is 18.6. The number of nitriles is 1. The fraction of sp³-hybridized carbons (Fsp3) is 0.185. The summed E-state index contributed by atoms with van der Waals surface area (Å²) in [7, 11) is 0. The van der Waals surface area contributed by atoms with E-state index in [9.17, 15) is 10.1 Å². The minimum Gasteiger partial charge on any atom is -0.490 e. The number of ether oxygens (including phenoxy) is 2. The van der Waals surface area contributed by atoms with Crippen molar-refractivity contribution in [3.63, 3.8) is 0 Å². The van der Waals surface area contributed by atoms with Gasteiger partial charge in [-0.1, -0.05) is 35.9 Å². The fourth-order valence-electron chi connectivity index (χ4n) is 3.20. The number of hydrogen-bond donors (Lipinski definition) is 1. The topological polar surface area (TPSA) is 71.3 Å². The molecule has 174 valence electrons. The highest BCUT2D eigenvalue weighted by atomic mass is 127. The number of rotatable bonds is 8. The van der Waals surface area contributed by atoms with E-state index in [1.54, 1.807) is 30.3 Å². The molecule has 0 bridgehead atoms. The summed E-state index contributed by atoms with van der Waals surface area (Å²) >= 11 is 8.14. The van der Waals surface area contributed by atoms with E-state index in [0.717, 1.165) is 9.13 Å². The van der Waals surface area contributed by atoms with Crippen molar-refractivity contribution in [2.45, 2.75) is 27.4 Å². The van der Waals surface area contributed by atoms with Gasteiger partial charge in [-0.3, -0.25) is 4.79 Å². The lowest BCUT2D eigenvalue weighted by molar-refractivity contribution is -0.112. The summed E-state index contributed by atoms with van der Waals surface area (Å²) in [6.07, 6.45) is 1.53. The van der Waals surface area contributed by atoms with E-state index >= 15 is 0 Å². The highest BCUT2D eigenvalue weighted by Gasteiger charge is 2.15. The zero-order valence-corrected chi connectivity index (χ0v) is 22.0. The number of hydrogen-bond acceptors (Lipinski definition) is 4. The summed E-state index contributed by atoms with van der Waals surface area (Å²) < 4.78 is 12.7. The van der Waals surface area contributed by atoms with Crippen molar-refractivity contribution in [2.75, 3.05) is 11.9 Å². The number of carbonyl (C=O) groups is 1. The Hall–Kier alpha value is -3.02. The largest absolute Gasteiger partial charge is 0.490 e. The molecule has 7 heteroatoms. The first-order valence-corrected chi connectivity index (χ1v) is 12.1. The van der Waals surface area contributed by atoms with E-state index in [2.05, 4.69) is 53.9 Å². The number of benzene rings is 3. The first-order chi connectivity index (χ1) is 16.3. The molecule has 3 aromatic carbocycles. The van der Waals surface area contributed by atoms with Crippen molar-refractivity contribution in [1.29, 1.82) is 5.26 Å². The van der Waals surface area contributed by atoms with E-state index in [0.29, 0.717) is 41.0 Å².